The van der Waals surface area contributed by atoms with E-state index in [1.54, 1.807) is 19.1 Å². The fraction of sp³-hybridized carbons (Fsp3) is 0.250. The Hall–Kier alpha value is -1.97. The Labute approximate surface area is 93.4 Å². The summed E-state index contributed by atoms with van der Waals surface area (Å²) < 4.78 is 5.02. The zero-order valence-corrected chi connectivity index (χ0v) is 9.33. The van der Waals surface area contributed by atoms with Crippen molar-refractivity contribution in [2.45, 2.75) is 13.8 Å². The third kappa shape index (κ3) is 1.62. The van der Waals surface area contributed by atoms with E-state index in [1.165, 1.54) is 0 Å². The molecule has 0 aliphatic rings. The number of nitrogen functional groups attached to an aromatic ring is 1. The van der Waals surface area contributed by atoms with Crippen LogP contribution in [0.5, 0.6) is 0 Å². The quantitative estimate of drug-likeness (QED) is 0.600. The van der Waals surface area contributed by atoms with Crippen molar-refractivity contribution >= 4 is 22.6 Å². The molecular formula is C12H14N2O2. The Morgan fingerprint density at radius 3 is 2.94 bits per heavy atom. The van der Waals surface area contributed by atoms with Crippen molar-refractivity contribution in [2.24, 2.45) is 0 Å². The monoisotopic (exact) mass is 218 g/mol. The van der Waals surface area contributed by atoms with Gasteiger partial charge in [-0.25, -0.2) is 4.79 Å². The molecule has 1 aromatic heterocycles. The molecule has 2 rings (SSSR count). The van der Waals surface area contributed by atoms with Gasteiger partial charge < -0.3 is 15.5 Å². The van der Waals surface area contributed by atoms with E-state index in [0.717, 1.165) is 16.6 Å². The van der Waals surface area contributed by atoms with E-state index in [1.807, 2.05) is 13.0 Å². The molecule has 0 saturated heterocycles. The number of aromatic amines is 1. The maximum Gasteiger partial charge on any atom is 0.340 e. The molecular weight excluding hydrogens is 204 g/mol. The van der Waals surface area contributed by atoms with E-state index in [-0.39, 0.29) is 5.97 Å². The molecule has 0 aliphatic heterocycles. The number of hydrogen-bond donors (Lipinski definition) is 2. The van der Waals surface area contributed by atoms with Crippen molar-refractivity contribution in [3.05, 3.63) is 29.5 Å². The number of carbonyl (C=O) groups is 1. The first-order chi connectivity index (χ1) is 7.63. The number of fused-ring (bicyclic) bond motifs is 1. The highest BCUT2D eigenvalue weighted by atomic mass is 16.5. The summed E-state index contributed by atoms with van der Waals surface area (Å²) in [5, 5.41) is 0.816. The number of carbonyl (C=O) groups excluding carboxylic acids is 1. The van der Waals surface area contributed by atoms with E-state index in [0.29, 0.717) is 17.9 Å². The van der Waals surface area contributed by atoms with Gasteiger partial charge in [-0.05, 0) is 32.0 Å². The molecule has 0 unspecified atom stereocenters. The molecule has 0 saturated carbocycles. The Morgan fingerprint density at radius 2 is 2.25 bits per heavy atom. The van der Waals surface area contributed by atoms with Gasteiger partial charge in [-0.3, -0.25) is 0 Å². The molecule has 0 fully saturated rings. The SMILES string of the molecule is CCOC(=O)c1c(C)[nH]c2ccc(N)cc12. The van der Waals surface area contributed by atoms with E-state index in [2.05, 4.69) is 4.98 Å². The van der Waals surface area contributed by atoms with Gasteiger partial charge in [0.25, 0.3) is 0 Å². The number of ether oxygens (including phenoxy) is 1. The zero-order chi connectivity index (χ0) is 11.7. The Kier molecular flexibility index (Phi) is 2.56. The van der Waals surface area contributed by atoms with Crippen LogP contribution in [0.15, 0.2) is 18.2 Å². The van der Waals surface area contributed by atoms with Crippen molar-refractivity contribution in [1.82, 2.24) is 4.98 Å². The van der Waals surface area contributed by atoms with Crippen LogP contribution in [-0.4, -0.2) is 17.6 Å². The smallest absolute Gasteiger partial charge is 0.340 e. The van der Waals surface area contributed by atoms with Crippen LogP contribution < -0.4 is 5.73 Å². The topological polar surface area (TPSA) is 68.1 Å². The van der Waals surface area contributed by atoms with Crippen molar-refractivity contribution < 1.29 is 9.53 Å². The summed E-state index contributed by atoms with van der Waals surface area (Å²) >= 11 is 0. The lowest BCUT2D eigenvalue weighted by Gasteiger charge is -2.01. The zero-order valence-electron chi connectivity index (χ0n) is 9.33. The van der Waals surface area contributed by atoms with Gasteiger partial charge in [-0.2, -0.15) is 0 Å². The van der Waals surface area contributed by atoms with E-state index >= 15 is 0 Å². The van der Waals surface area contributed by atoms with Gasteiger partial charge in [-0.15, -0.1) is 0 Å². The first-order valence-corrected chi connectivity index (χ1v) is 5.18. The second-order valence-corrected chi connectivity index (χ2v) is 3.65. The van der Waals surface area contributed by atoms with Crippen LogP contribution in [-0.2, 0) is 4.74 Å². The number of hydrogen-bond acceptors (Lipinski definition) is 3. The summed E-state index contributed by atoms with van der Waals surface area (Å²) in [6.07, 6.45) is 0. The summed E-state index contributed by atoms with van der Waals surface area (Å²) in [6, 6.07) is 5.44. The second kappa shape index (κ2) is 3.89. The summed E-state index contributed by atoms with van der Waals surface area (Å²) in [5.74, 6) is -0.308. The highest BCUT2D eigenvalue weighted by Gasteiger charge is 2.16. The van der Waals surface area contributed by atoms with Crippen LogP contribution in [0, 0.1) is 6.92 Å². The van der Waals surface area contributed by atoms with Gasteiger partial charge in [0, 0.05) is 22.3 Å². The van der Waals surface area contributed by atoms with Crippen molar-refractivity contribution in [3.63, 3.8) is 0 Å². The predicted molar refractivity (Wildman–Crippen MR) is 63.4 cm³/mol. The molecule has 0 spiro atoms. The summed E-state index contributed by atoms with van der Waals surface area (Å²) in [4.78, 5) is 14.9. The first kappa shape index (κ1) is 10.5. The number of aryl methyl sites for hydroxylation is 1. The highest BCUT2D eigenvalue weighted by Crippen LogP contribution is 2.24. The number of anilines is 1. The molecule has 16 heavy (non-hydrogen) atoms. The average molecular weight is 218 g/mol. The van der Waals surface area contributed by atoms with Crippen LogP contribution in [0.1, 0.15) is 23.0 Å². The Morgan fingerprint density at radius 1 is 1.50 bits per heavy atom. The molecule has 1 heterocycles. The lowest BCUT2D eigenvalue weighted by Crippen LogP contribution is -2.05. The van der Waals surface area contributed by atoms with Gasteiger partial charge in [-0.1, -0.05) is 0 Å². The second-order valence-electron chi connectivity index (χ2n) is 3.65. The molecule has 0 amide bonds. The molecule has 3 N–H and O–H groups in total. The van der Waals surface area contributed by atoms with E-state index in [9.17, 15) is 4.79 Å². The highest BCUT2D eigenvalue weighted by molar-refractivity contribution is 6.06. The largest absolute Gasteiger partial charge is 0.462 e. The Bertz CT molecular complexity index is 543. The van der Waals surface area contributed by atoms with Crippen LogP contribution >= 0.6 is 0 Å². The minimum absolute atomic E-state index is 0.308. The summed E-state index contributed by atoms with van der Waals surface area (Å²) in [5.41, 5.74) is 8.62. The third-order valence-corrected chi connectivity index (χ3v) is 2.49. The van der Waals surface area contributed by atoms with Crippen molar-refractivity contribution in [3.8, 4) is 0 Å². The minimum Gasteiger partial charge on any atom is -0.462 e. The molecule has 4 heteroatoms. The summed E-state index contributed by atoms with van der Waals surface area (Å²) in [7, 11) is 0. The third-order valence-electron chi connectivity index (χ3n) is 2.49. The average Bonchev–Trinajstić information content (AvgIpc) is 2.53. The lowest BCUT2D eigenvalue weighted by molar-refractivity contribution is 0.0528. The number of nitrogens with one attached hydrogen (secondary N) is 1. The van der Waals surface area contributed by atoms with Gasteiger partial charge in [0.1, 0.15) is 0 Å². The van der Waals surface area contributed by atoms with Crippen molar-refractivity contribution in [2.75, 3.05) is 12.3 Å². The normalized spacial score (nSPS) is 10.6. The van der Waals surface area contributed by atoms with Crippen LogP contribution in [0.3, 0.4) is 0 Å². The van der Waals surface area contributed by atoms with Gasteiger partial charge >= 0.3 is 5.97 Å². The van der Waals surface area contributed by atoms with Gasteiger partial charge in [0.05, 0.1) is 12.2 Å². The molecule has 0 atom stereocenters. The number of nitrogens with two attached hydrogens (primary N) is 1. The van der Waals surface area contributed by atoms with E-state index in [4.69, 9.17) is 10.5 Å². The number of H-pyrrole nitrogens is 1. The number of esters is 1. The van der Waals surface area contributed by atoms with Crippen molar-refractivity contribution in [1.29, 1.82) is 0 Å². The van der Waals surface area contributed by atoms with Crippen LogP contribution in [0.4, 0.5) is 5.69 Å². The first-order valence-electron chi connectivity index (χ1n) is 5.18. The molecule has 84 valence electrons. The lowest BCUT2D eigenvalue weighted by atomic mass is 10.1. The molecule has 0 radical (unpaired) electrons. The minimum atomic E-state index is -0.308. The fourth-order valence-corrected chi connectivity index (χ4v) is 1.81. The van der Waals surface area contributed by atoms with E-state index < -0.39 is 0 Å². The van der Waals surface area contributed by atoms with Crippen LogP contribution in [0.2, 0.25) is 0 Å². The van der Waals surface area contributed by atoms with Crippen LogP contribution in [0.25, 0.3) is 10.9 Å². The number of benzene rings is 1. The molecule has 0 aliphatic carbocycles. The summed E-state index contributed by atoms with van der Waals surface area (Å²) in [6.45, 7) is 4.01. The number of rotatable bonds is 2. The molecule has 4 nitrogen and oxygen atoms in total. The maximum atomic E-state index is 11.8. The Balaban J connectivity index is 2.62. The standard InChI is InChI=1S/C12H14N2O2/c1-3-16-12(15)11-7(2)14-10-5-4-8(13)6-9(10)11/h4-6,14H,3,13H2,1-2H3. The molecule has 2 aromatic rings. The van der Waals surface area contributed by atoms with Gasteiger partial charge in [0.2, 0.25) is 0 Å². The van der Waals surface area contributed by atoms with Gasteiger partial charge in [0.15, 0.2) is 0 Å². The molecule has 0 bridgehead atoms. The molecule has 1 aromatic carbocycles. The number of aromatic nitrogens is 1. The maximum absolute atomic E-state index is 11.8. The fourth-order valence-electron chi connectivity index (χ4n) is 1.81. The predicted octanol–water partition coefficient (Wildman–Crippen LogP) is 2.24.